The summed E-state index contributed by atoms with van der Waals surface area (Å²) in [5.41, 5.74) is -3.06. The number of hydrogen-bond donors (Lipinski definition) is 2. The quantitative estimate of drug-likeness (QED) is 0.829. The molecule has 0 bridgehead atoms. The minimum absolute atomic E-state index is 0.165. The molecule has 1 heterocycles. The number of anilines is 1. The van der Waals surface area contributed by atoms with E-state index in [0.717, 1.165) is 0 Å². The van der Waals surface area contributed by atoms with Crippen molar-refractivity contribution in [3.63, 3.8) is 0 Å². The van der Waals surface area contributed by atoms with Gasteiger partial charge in [-0.15, -0.1) is 0 Å². The fraction of sp³-hybridized carbons (Fsp3) is 0.500. The Morgan fingerprint density at radius 3 is 2.44 bits per heavy atom. The zero-order valence-electron chi connectivity index (χ0n) is 8.54. The molecule has 1 aromatic heterocycles. The maximum Gasteiger partial charge on any atom is 0.422 e. The summed E-state index contributed by atoms with van der Waals surface area (Å²) in [6.07, 6.45) is -2.26. The van der Waals surface area contributed by atoms with Gasteiger partial charge in [-0.3, -0.25) is 0 Å². The number of carboxylic acids is 1. The molecular formula is C8H10F3N3O2. The van der Waals surface area contributed by atoms with Gasteiger partial charge >= 0.3 is 12.1 Å². The summed E-state index contributed by atoms with van der Waals surface area (Å²) in [6.45, 7) is 0.546. The van der Waals surface area contributed by atoms with Crippen molar-refractivity contribution in [1.29, 1.82) is 0 Å². The third-order valence-electron chi connectivity index (χ3n) is 2.18. The van der Waals surface area contributed by atoms with Crippen LogP contribution in [-0.4, -0.2) is 32.3 Å². The topological polar surface area (TPSA) is 67.2 Å². The Hall–Kier alpha value is -1.73. The van der Waals surface area contributed by atoms with Crippen LogP contribution in [0.5, 0.6) is 0 Å². The van der Waals surface area contributed by atoms with Crippen molar-refractivity contribution in [3.05, 3.63) is 12.4 Å². The Labute approximate surface area is 88.9 Å². The van der Waals surface area contributed by atoms with E-state index in [1.165, 1.54) is 24.0 Å². The highest BCUT2D eigenvalue weighted by molar-refractivity contribution is 5.82. The average molecular weight is 237 g/mol. The molecule has 90 valence electrons. The van der Waals surface area contributed by atoms with Crippen LogP contribution in [0, 0.1) is 0 Å². The smallest absolute Gasteiger partial charge is 0.422 e. The van der Waals surface area contributed by atoms with E-state index in [4.69, 9.17) is 5.11 Å². The number of carboxylic acid groups (broad SMARTS) is 1. The van der Waals surface area contributed by atoms with E-state index in [0.29, 0.717) is 6.92 Å². The second-order valence-corrected chi connectivity index (χ2v) is 3.41. The maximum absolute atomic E-state index is 12.6. The first kappa shape index (κ1) is 12.3. The van der Waals surface area contributed by atoms with Crippen LogP contribution in [0.2, 0.25) is 0 Å². The van der Waals surface area contributed by atoms with Crippen molar-refractivity contribution < 1.29 is 23.1 Å². The Morgan fingerprint density at radius 1 is 1.56 bits per heavy atom. The van der Waals surface area contributed by atoms with Crippen LogP contribution >= 0.6 is 0 Å². The van der Waals surface area contributed by atoms with Gasteiger partial charge in [0.05, 0.1) is 0 Å². The monoisotopic (exact) mass is 237 g/mol. The highest BCUT2D eigenvalue weighted by Crippen LogP contribution is 2.33. The maximum atomic E-state index is 12.6. The molecule has 1 rings (SSSR count). The molecule has 0 aliphatic carbocycles. The lowest BCUT2D eigenvalue weighted by atomic mass is 10.0. The minimum Gasteiger partial charge on any atom is -0.479 e. The number of carbonyl (C=O) groups is 1. The van der Waals surface area contributed by atoms with Gasteiger partial charge in [-0.05, 0) is 6.92 Å². The fourth-order valence-electron chi connectivity index (χ4n) is 0.955. The highest BCUT2D eigenvalue weighted by atomic mass is 19.4. The molecule has 0 radical (unpaired) electrons. The Morgan fingerprint density at radius 2 is 2.12 bits per heavy atom. The van der Waals surface area contributed by atoms with E-state index in [2.05, 4.69) is 4.98 Å². The number of alkyl halides is 3. The van der Waals surface area contributed by atoms with Gasteiger partial charge in [0.1, 0.15) is 0 Å². The number of aromatic nitrogens is 2. The van der Waals surface area contributed by atoms with Gasteiger partial charge in [-0.1, -0.05) is 0 Å². The van der Waals surface area contributed by atoms with E-state index in [-0.39, 0.29) is 5.95 Å². The Kier molecular flexibility index (Phi) is 2.85. The van der Waals surface area contributed by atoms with Gasteiger partial charge < -0.3 is 15.0 Å². The summed E-state index contributed by atoms with van der Waals surface area (Å²) in [4.78, 5) is 14.3. The van der Waals surface area contributed by atoms with Crippen LogP contribution < -0.4 is 5.32 Å². The first-order valence-corrected chi connectivity index (χ1v) is 4.24. The van der Waals surface area contributed by atoms with Crippen LogP contribution in [0.3, 0.4) is 0 Å². The largest absolute Gasteiger partial charge is 0.479 e. The molecule has 16 heavy (non-hydrogen) atoms. The summed E-state index contributed by atoms with van der Waals surface area (Å²) in [5, 5.41) is 10.5. The van der Waals surface area contributed by atoms with Gasteiger partial charge in [0.25, 0.3) is 0 Å². The average Bonchev–Trinajstić information content (AvgIpc) is 2.49. The van der Waals surface area contributed by atoms with Gasteiger partial charge in [-0.2, -0.15) is 13.2 Å². The van der Waals surface area contributed by atoms with E-state index < -0.39 is 17.7 Å². The number of rotatable bonds is 3. The van der Waals surface area contributed by atoms with Gasteiger partial charge in [0.2, 0.25) is 11.5 Å². The third kappa shape index (κ3) is 1.95. The molecule has 0 fully saturated rings. The molecule has 0 spiro atoms. The number of halogens is 3. The lowest BCUT2D eigenvalue weighted by Crippen LogP contribution is -2.56. The van der Waals surface area contributed by atoms with Crippen LogP contribution in [-0.2, 0) is 11.8 Å². The van der Waals surface area contributed by atoms with Gasteiger partial charge in [-0.25, -0.2) is 9.78 Å². The van der Waals surface area contributed by atoms with Crippen molar-refractivity contribution in [2.45, 2.75) is 18.6 Å². The lowest BCUT2D eigenvalue weighted by Gasteiger charge is -2.28. The molecule has 2 N–H and O–H groups in total. The van der Waals surface area contributed by atoms with Crippen molar-refractivity contribution in [1.82, 2.24) is 9.55 Å². The number of nitrogens with zero attached hydrogens (tertiary/aromatic N) is 2. The summed E-state index contributed by atoms with van der Waals surface area (Å²) >= 11 is 0. The number of hydrogen-bond acceptors (Lipinski definition) is 3. The molecule has 1 unspecified atom stereocenters. The third-order valence-corrected chi connectivity index (χ3v) is 2.18. The fourth-order valence-corrected chi connectivity index (χ4v) is 0.955. The molecule has 1 atom stereocenters. The van der Waals surface area contributed by atoms with Crippen LogP contribution in [0.15, 0.2) is 12.4 Å². The molecule has 8 heteroatoms. The molecule has 0 aromatic carbocycles. The van der Waals surface area contributed by atoms with Gasteiger partial charge in [0, 0.05) is 19.4 Å². The lowest BCUT2D eigenvalue weighted by molar-refractivity contribution is -0.193. The molecule has 5 nitrogen and oxygen atoms in total. The standard InChI is InChI=1S/C8H10F3N3O2/c1-7(5(15)16,8(9,10)11)13-6-12-3-4-14(6)2/h3-4H,1-2H3,(H,12,13)(H,15,16). The van der Waals surface area contributed by atoms with Crippen molar-refractivity contribution in [3.8, 4) is 0 Å². The summed E-state index contributed by atoms with van der Waals surface area (Å²) in [5.74, 6) is -2.18. The van der Waals surface area contributed by atoms with E-state index in [1.54, 1.807) is 0 Å². The molecule has 0 amide bonds. The SMILES string of the molecule is Cn1ccnc1NC(C)(C(=O)O)C(F)(F)F. The summed E-state index contributed by atoms with van der Waals surface area (Å²) < 4.78 is 39.1. The molecule has 0 saturated heterocycles. The first-order chi connectivity index (χ1) is 7.18. The summed E-state index contributed by atoms with van der Waals surface area (Å²) in [6, 6.07) is 0. The zero-order valence-corrected chi connectivity index (χ0v) is 8.54. The zero-order chi connectivity index (χ0) is 12.6. The molecule has 0 aliphatic heterocycles. The van der Waals surface area contributed by atoms with Crippen LogP contribution in [0.25, 0.3) is 0 Å². The summed E-state index contributed by atoms with van der Waals surface area (Å²) in [7, 11) is 1.45. The van der Waals surface area contributed by atoms with Crippen molar-refractivity contribution >= 4 is 11.9 Å². The van der Waals surface area contributed by atoms with Crippen molar-refractivity contribution in [2.75, 3.05) is 5.32 Å². The number of aliphatic carboxylic acids is 1. The van der Waals surface area contributed by atoms with E-state index >= 15 is 0 Å². The van der Waals surface area contributed by atoms with E-state index in [9.17, 15) is 18.0 Å². The minimum atomic E-state index is -4.93. The molecule has 0 aliphatic rings. The predicted octanol–water partition coefficient (Wildman–Crippen LogP) is 1.24. The van der Waals surface area contributed by atoms with E-state index in [1.807, 2.05) is 5.32 Å². The molecule has 0 saturated carbocycles. The second kappa shape index (κ2) is 3.69. The number of aryl methyl sites for hydroxylation is 1. The Balaban J connectivity index is 3.07. The van der Waals surface area contributed by atoms with Crippen LogP contribution in [0.4, 0.5) is 19.1 Å². The van der Waals surface area contributed by atoms with Gasteiger partial charge in [0.15, 0.2) is 0 Å². The molecular weight excluding hydrogens is 227 g/mol. The predicted molar refractivity (Wildman–Crippen MR) is 48.9 cm³/mol. The second-order valence-electron chi connectivity index (χ2n) is 3.41. The highest BCUT2D eigenvalue weighted by Gasteiger charge is 2.58. The van der Waals surface area contributed by atoms with Crippen LogP contribution in [0.1, 0.15) is 6.92 Å². The number of imidazole rings is 1. The van der Waals surface area contributed by atoms with Crippen molar-refractivity contribution in [2.24, 2.45) is 7.05 Å². The normalized spacial score (nSPS) is 15.6. The Bertz CT molecular complexity index is 401. The first-order valence-electron chi connectivity index (χ1n) is 4.24. The molecule has 1 aromatic rings. The number of nitrogens with one attached hydrogen (secondary N) is 1.